The summed E-state index contributed by atoms with van der Waals surface area (Å²) >= 11 is 0. The van der Waals surface area contributed by atoms with Gasteiger partial charge in [-0.1, -0.05) is 17.3 Å². The van der Waals surface area contributed by atoms with E-state index in [2.05, 4.69) is 15.3 Å². The lowest BCUT2D eigenvalue weighted by Crippen LogP contribution is -2.32. The van der Waals surface area contributed by atoms with Crippen LogP contribution in [-0.2, 0) is 16.0 Å². The third kappa shape index (κ3) is 3.51. The first-order valence-corrected chi connectivity index (χ1v) is 8.40. The van der Waals surface area contributed by atoms with Gasteiger partial charge in [0.2, 0.25) is 0 Å². The zero-order valence-electron chi connectivity index (χ0n) is 14.2. The Morgan fingerprint density at radius 2 is 1.96 bits per heavy atom. The molecule has 8 heteroatoms. The molecule has 4 rings (SSSR count). The van der Waals surface area contributed by atoms with E-state index in [1.165, 1.54) is 0 Å². The Morgan fingerprint density at radius 3 is 2.73 bits per heavy atom. The minimum absolute atomic E-state index is 0.00631. The van der Waals surface area contributed by atoms with Crippen LogP contribution in [0.5, 0.6) is 0 Å². The average Bonchev–Trinajstić information content (AvgIpc) is 3.12. The predicted octanol–water partition coefficient (Wildman–Crippen LogP) is 1.59. The monoisotopic (exact) mass is 352 g/mol. The third-order valence-electron chi connectivity index (χ3n) is 4.25. The van der Waals surface area contributed by atoms with Crippen LogP contribution >= 0.6 is 0 Å². The summed E-state index contributed by atoms with van der Waals surface area (Å²) in [4.78, 5) is 4.30. The normalized spacial score (nSPS) is 17.3. The van der Waals surface area contributed by atoms with E-state index in [-0.39, 0.29) is 6.10 Å². The van der Waals surface area contributed by atoms with Crippen molar-refractivity contribution < 1.29 is 9.47 Å². The SMILES string of the molecule is Nc1ccc(-c2cc(-c3cn(C[C@H]4COCCO4)nn3)cnc2N)cc1. The molecule has 1 atom stereocenters. The van der Waals surface area contributed by atoms with E-state index >= 15 is 0 Å². The predicted molar refractivity (Wildman–Crippen MR) is 98.1 cm³/mol. The summed E-state index contributed by atoms with van der Waals surface area (Å²) in [6, 6.07) is 9.48. The summed E-state index contributed by atoms with van der Waals surface area (Å²) in [6.45, 7) is 2.42. The van der Waals surface area contributed by atoms with Crippen LogP contribution in [0, 0.1) is 0 Å². The van der Waals surface area contributed by atoms with E-state index in [0.29, 0.717) is 37.9 Å². The topological polar surface area (TPSA) is 114 Å². The van der Waals surface area contributed by atoms with Gasteiger partial charge in [0.1, 0.15) is 17.6 Å². The zero-order valence-corrected chi connectivity index (χ0v) is 14.2. The number of pyridine rings is 1. The highest BCUT2D eigenvalue weighted by atomic mass is 16.6. The number of rotatable bonds is 4. The number of nitrogens with two attached hydrogens (primary N) is 2. The number of anilines is 2. The third-order valence-corrected chi connectivity index (χ3v) is 4.25. The molecule has 26 heavy (non-hydrogen) atoms. The molecule has 8 nitrogen and oxygen atoms in total. The summed E-state index contributed by atoms with van der Waals surface area (Å²) < 4.78 is 12.8. The highest BCUT2D eigenvalue weighted by Gasteiger charge is 2.16. The molecular formula is C18H20N6O2. The molecule has 0 spiro atoms. The van der Waals surface area contributed by atoms with Gasteiger partial charge in [0, 0.05) is 23.0 Å². The van der Waals surface area contributed by atoms with Crippen molar-refractivity contribution in [3.05, 3.63) is 42.7 Å². The van der Waals surface area contributed by atoms with Gasteiger partial charge < -0.3 is 20.9 Å². The molecule has 3 heterocycles. The van der Waals surface area contributed by atoms with Crippen LogP contribution in [0.1, 0.15) is 0 Å². The van der Waals surface area contributed by atoms with E-state index in [9.17, 15) is 0 Å². The largest absolute Gasteiger partial charge is 0.399 e. The van der Waals surface area contributed by atoms with E-state index in [0.717, 1.165) is 22.4 Å². The van der Waals surface area contributed by atoms with Crippen LogP contribution < -0.4 is 11.5 Å². The van der Waals surface area contributed by atoms with E-state index in [1.807, 2.05) is 36.5 Å². The number of nitrogens with zero attached hydrogens (tertiary/aromatic N) is 4. The molecule has 0 amide bonds. The maximum atomic E-state index is 6.05. The Balaban J connectivity index is 1.58. The molecule has 3 aromatic rings. The lowest BCUT2D eigenvalue weighted by molar-refractivity contribution is -0.0947. The van der Waals surface area contributed by atoms with Gasteiger partial charge in [0.05, 0.1) is 32.6 Å². The molecule has 1 saturated heterocycles. The van der Waals surface area contributed by atoms with Gasteiger partial charge in [-0.05, 0) is 23.8 Å². The van der Waals surface area contributed by atoms with Gasteiger partial charge in [0.25, 0.3) is 0 Å². The van der Waals surface area contributed by atoms with Crippen LogP contribution in [-0.4, -0.2) is 45.9 Å². The molecule has 1 fully saturated rings. The smallest absolute Gasteiger partial charge is 0.131 e. The lowest BCUT2D eigenvalue weighted by atomic mass is 10.0. The van der Waals surface area contributed by atoms with Gasteiger partial charge >= 0.3 is 0 Å². The molecule has 0 aliphatic carbocycles. The Hall–Kier alpha value is -2.97. The highest BCUT2D eigenvalue weighted by Crippen LogP contribution is 2.29. The van der Waals surface area contributed by atoms with Gasteiger partial charge in [-0.3, -0.25) is 0 Å². The molecule has 0 saturated carbocycles. The van der Waals surface area contributed by atoms with Crippen LogP contribution in [0.4, 0.5) is 11.5 Å². The average molecular weight is 352 g/mol. The van der Waals surface area contributed by atoms with E-state index in [1.54, 1.807) is 10.9 Å². The Morgan fingerprint density at radius 1 is 1.12 bits per heavy atom. The molecule has 0 unspecified atom stereocenters. The maximum absolute atomic E-state index is 6.05. The van der Waals surface area contributed by atoms with Gasteiger partial charge in [-0.15, -0.1) is 5.10 Å². The van der Waals surface area contributed by atoms with Crippen molar-refractivity contribution >= 4 is 11.5 Å². The number of aromatic nitrogens is 4. The van der Waals surface area contributed by atoms with Crippen molar-refractivity contribution in [3.63, 3.8) is 0 Å². The molecule has 0 radical (unpaired) electrons. The number of nitrogen functional groups attached to an aromatic ring is 2. The molecule has 4 N–H and O–H groups in total. The van der Waals surface area contributed by atoms with Crippen LogP contribution in [0.25, 0.3) is 22.4 Å². The summed E-state index contributed by atoms with van der Waals surface area (Å²) in [5.74, 6) is 0.457. The van der Waals surface area contributed by atoms with E-state index < -0.39 is 0 Å². The molecular weight excluding hydrogens is 332 g/mol. The summed E-state index contributed by atoms with van der Waals surface area (Å²) in [7, 11) is 0. The number of hydrogen-bond acceptors (Lipinski definition) is 7. The van der Waals surface area contributed by atoms with Crippen molar-refractivity contribution in [1.29, 1.82) is 0 Å². The number of ether oxygens (including phenoxy) is 2. The Labute approximate surface area is 150 Å². The first-order chi connectivity index (χ1) is 12.7. The van der Waals surface area contributed by atoms with Crippen molar-refractivity contribution in [3.8, 4) is 22.4 Å². The fourth-order valence-electron chi connectivity index (χ4n) is 2.88. The van der Waals surface area contributed by atoms with Gasteiger partial charge in [-0.2, -0.15) is 0 Å². The van der Waals surface area contributed by atoms with Crippen molar-refractivity contribution in [2.75, 3.05) is 31.3 Å². The summed E-state index contributed by atoms with van der Waals surface area (Å²) in [6.07, 6.45) is 3.57. The fraction of sp³-hybridized carbons (Fsp3) is 0.278. The second-order valence-electron chi connectivity index (χ2n) is 6.17. The first-order valence-electron chi connectivity index (χ1n) is 8.40. The van der Waals surface area contributed by atoms with E-state index in [4.69, 9.17) is 20.9 Å². The quantitative estimate of drug-likeness (QED) is 0.685. The molecule has 2 aromatic heterocycles. The second-order valence-corrected chi connectivity index (χ2v) is 6.17. The van der Waals surface area contributed by atoms with Crippen molar-refractivity contribution in [2.24, 2.45) is 0 Å². The van der Waals surface area contributed by atoms with Crippen LogP contribution in [0.3, 0.4) is 0 Å². The Bertz CT molecular complexity index is 887. The molecule has 1 aliphatic rings. The highest BCUT2D eigenvalue weighted by molar-refractivity contribution is 5.78. The van der Waals surface area contributed by atoms with Crippen LogP contribution in [0.2, 0.25) is 0 Å². The lowest BCUT2D eigenvalue weighted by Gasteiger charge is -2.22. The van der Waals surface area contributed by atoms with Crippen LogP contribution in [0.15, 0.2) is 42.7 Å². The molecule has 1 aromatic carbocycles. The second kappa shape index (κ2) is 7.11. The van der Waals surface area contributed by atoms with Gasteiger partial charge in [0.15, 0.2) is 0 Å². The Kier molecular flexibility index (Phi) is 4.51. The minimum atomic E-state index is -0.00631. The minimum Gasteiger partial charge on any atom is -0.399 e. The number of benzene rings is 1. The number of hydrogen-bond donors (Lipinski definition) is 2. The standard InChI is InChI=1S/C18H20N6O2/c19-14-3-1-12(2-4-14)16-7-13(8-21-18(16)20)17-10-24(23-22-17)9-15-11-25-5-6-26-15/h1-4,7-8,10,15H,5-6,9,11,19H2,(H2,20,21)/t15-/m0/s1. The molecule has 134 valence electrons. The first kappa shape index (κ1) is 16.5. The van der Waals surface area contributed by atoms with Gasteiger partial charge in [-0.25, -0.2) is 9.67 Å². The maximum Gasteiger partial charge on any atom is 0.131 e. The summed E-state index contributed by atoms with van der Waals surface area (Å²) in [5.41, 5.74) is 15.9. The summed E-state index contributed by atoms with van der Waals surface area (Å²) in [5, 5.41) is 8.42. The van der Waals surface area contributed by atoms with Crippen molar-refractivity contribution in [2.45, 2.75) is 12.6 Å². The molecule has 1 aliphatic heterocycles. The fourth-order valence-corrected chi connectivity index (χ4v) is 2.88. The zero-order chi connectivity index (χ0) is 17.9. The van der Waals surface area contributed by atoms with Crippen molar-refractivity contribution in [1.82, 2.24) is 20.0 Å². The molecule has 0 bridgehead atoms.